The van der Waals surface area contributed by atoms with Crippen molar-refractivity contribution in [3.8, 4) is 0 Å². The molecule has 0 saturated carbocycles. The molecular formula is C13H16ClFO. The van der Waals surface area contributed by atoms with Gasteiger partial charge in [0.1, 0.15) is 5.82 Å². The third-order valence-corrected chi connectivity index (χ3v) is 3.18. The zero-order valence-corrected chi connectivity index (χ0v) is 10.6. The number of benzene rings is 1. The molecule has 0 aliphatic heterocycles. The Kier molecular flexibility index (Phi) is 4.48. The third kappa shape index (κ3) is 2.62. The summed E-state index contributed by atoms with van der Waals surface area (Å²) in [6, 6.07) is 2.75. The molecule has 0 fully saturated rings. The Labute approximate surface area is 101 Å². The van der Waals surface area contributed by atoms with Gasteiger partial charge >= 0.3 is 0 Å². The molecule has 0 aliphatic carbocycles. The van der Waals surface area contributed by atoms with E-state index >= 15 is 0 Å². The van der Waals surface area contributed by atoms with Crippen LogP contribution in [0.5, 0.6) is 0 Å². The lowest BCUT2D eigenvalue weighted by Gasteiger charge is -2.13. The lowest BCUT2D eigenvalue weighted by Crippen LogP contribution is -2.14. The SMILES string of the molecule is CCC(CC)C(=O)c1cc(C)c(F)cc1Cl. The highest BCUT2D eigenvalue weighted by Gasteiger charge is 2.20. The van der Waals surface area contributed by atoms with Crippen LogP contribution < -0.4 is 0 Å². The first kappa shape index (κ1) is 13.2. The van der Waals surface area contributed by atoms with Crippen molar-refractivity contribution in [1.82, 2.24) is 0 Å². The Hall–Kier alpha value is -0.890. The highest BCUT2D eigenvalue weighted by molar-refractivity contribution is 6.34. The lowest BCUT2D eigenvalue weighted by molar-refractivity contribution is 0.0913. The number of halogens is 2. The summed E-state index contributed by atoms with van der Waals surface area (Å²) in [4.78, 5) is 12.1. The molecule has 0 bridgehead atoms. The molecule has 88 valence electrons. The van der Waals surface area contributed by atoms with Gasteiger partial charge in [-0.15, -0.1) is 0 Å². The highest BCUT2D eigenvalue weighted by atomic mass is 35.5. The van der Waals surface area contributed by atoms with Crippen molar-refractivity contribution < 1.29 is 9.18 Å². The maximum atomic E-state index is 13.2. The van der Waals surface area contributed by atoms with Crippen LogP contribution in [-0.4, -0.2) is 5.78 Å². The minimum absolute atomic E-state index is 0.0121. The van der Waals surface area contributed by atoms with Crippen LogP contribution in [0.1, 0.15) is 42.6 Å². The van der Waals surface area contributed by atoms with E-state index in [-0.39, 0.29) is 22.5 Å². The number of aryl methyl sites for hydroxylation is 1. The summed E-state index contributed by atoms with van der Waals surface area (Å²) in [5.74, 6) is -0.383. The molecule has 0 amide bonds. The van der Waals surface area contributed by atoms with Gasteiger partial charge in [0.2, 0.25) is 0 Å². The number of Topliss-reactive ketones (excluding diaryl/α,β-unsaturated/α-hetero) is 1. The van der Waals surface area contributed by atoms with Crippen LogP contribution >= 0.6 is 11.6 Å². The van der Waals surface area contributed by atoms with Gasteiger partial charge in [-0.1, -0.05) is 25.4 Å². The molecule has 1 aromatic rings. The lowest BCUT2D eigenvalue weighted by atomic mass is 9.92. The number of hydrogen-bond acceptors (Lipinski definition) is 1. The van der Waals surface area contributed by atoms with Crippen molar-refractivity contribution in [2.24, 2.45) is 5.92 Å². The van der Waals surface area contributed by atoms with Crippen molar-refractivity contribution in [2.75, 3.05) is 0 Å². The monoisotopic (exact) mass is 242 g/mol. The molecule has 0 unspecified atom stereocenters. The predicted octanol–water partition coefficient (Wildman–Crippen LogP) is 4.41. The fourth-order valence-corrected chi connectivity index (χ4v) is 1.97. The van der Waals surface area contributed by atoms with Crippen molar-refractivity contribution in [1.29, 1.82) is 0 Å². The number of ketones is 1. The summed E-state index contributed by atoms with van der Waals surface area (Å²) in [7, 11) is 0. The zero-order chi connectivity index (χ0) is 12.3. The maximum absolute atomic E-state index is 13.2. The third-order valence-electron chi connectivity index (χ3n) is 2.87. The van der Waals surface area contributed by atoms with E-state index in [0.717, 1.165) is 12.8 Å². The van der Waals surface area contributed by atoms with Crippen molar-refractivity contribution in [3.05, 3.63) is 34.1 Å². The smallest absolute Gasteiger partial charge is 0.167 e. The first-order valence-electron chi connectivity index (χ1n) is 5.51. The highest BCUT2D eigenvalue weighted by Crippen LogP contribution is 2.25. The van der Waals surface area contributed by atoms with E-state index in [9.17, 15) is 9.18 Å². The molecule has 0 spiro atoms. The molecule has 0 saturated heterocycles. The van der Waals surface area contributed by atoms with Gasteiger partial charge in [-0.2, -0.15) is 0 Å². The second-order valence-corrected chi connectivity index (χ2v) is 4.37. The quantitative estimate of drug-likeness (QED) is 0.715. The molecule has 1 aromatic carbocycles. The van der Waals surface area contributed by atoms with E-state index in [2.05, 4.69) is 0 Å². The predicted molar refractivity (Wildman–Crippen MR) is 64.5 cm³/mol. The van der Waals surface area contributed by atoms with Crippen LogP contribution in [0.3, 0.4) is 0 Å². The Morgan fingerprint density at radius 3 is 2.44 bits per heavy atom. The Morgan fingerprint density at radius 2 is 1.94 bits per heavy atom. The Balaban J connectivity index is 3.13. The van der Waals surface area contributed by atoms with Crippen molar-refractivity contribution >= 4 is 17.4 Å². The summed E-state index contributed by atoms with van der Waals surface area (Å²) in [6.07, 6.45) is 1.56. The van der Waals surface area contributed by atoms with E-state index in [1.165, 1.54) is 6.07 Å². The van der Waals surface area contributed by atoms with Gasteiger partial charge in [0.25, 0.3) is 0 Å². The van der Waals surface area contributed by atoms with Gasteiger partial charge in [-0.3, -0.25) is 4.79 Å². The van der Waals surface area contributed by atoms with Gasteiger partial charge in [-0.25, -0.2) is 4.39 Å². The molecule has 0 aliphatic rings. The molecule has 1 nitrogen and oxygen atoms in total. The second-order valence-electron chi connectivity index (χ2n) is 3.96. The average molecular weight is 243 g/mol. The normalized spacial score (nSPS) is 10.9. The number of carbonyl (C=O) groups excluding carboxylic acids is 1. The summed E-state index contributed by atoms with van der Waals surface area (Å²) < 4.78 is 13.2. The number of rotatable bonds is 4. The first-order valence-corrected chi connectivity index (χ1v) is 5.88. The standard InChI is InChI=1S/C13H16ClFO/c1-4-9(5-2)13(16)10-6-8(3)12(15)7-11(10)14/h6-7,9H,4-5H2,1-3H3. The van der Waals surface area contributed by atoms with Crippen molar-refractivity contribution in [3.63, 3.8) is 0 Å². The van der Waals surface area contributed by atoms with Crippen molar-refractivity contribution in [2.45, 2.75) is 33.6 Å². The topological polar surface area (TPSA) is 17.1 Å². The van der Waals surface area contributed by atoms with Crippen LogP contribution in [0.2, 0.25) is 5.02 Å². The molecule has 3 heteroatoms. The summed E-state index contributed by atoms with van der Waals surface area (Å²) in [5.41, 5.74) is 0.896. The maximum Gasteiger partial charge on any atom is 0.167 e. The molecule has 0 N–H and O–H groups in total. The van der Waals surface area contributed by atoms with Crippen LogP contribution in [-0.2, 0) is 0 Å². The van der Waals surface area contributed by atoms with Crippen LogP contribution in [0.4, 0.5) is 4.39 Å². The van der Waals surface area contributed by atoms with E-state index < -0.39 is 0 Å². The van der Waals surface area contributed by atoms with E-state index in [0.29, 0.717) is 11.1 Å². The average Bonchev–Trinajstić information content (AvgIpc) is 2.25. The van der Waals surface area contributed by atoms with Crippen LogP contribution in [0, 0.1) is 18.7 Å². The summed E-state index contributed by atoms with van der Waals surface area (Å²) in [5, 5.41) is 0.208. The minimum atomic E-state index is -0.369. The second kappa shape index (κ2) is 5.44. The summed E-state index contributed by atoms with van der Waals surface area (Å²) >= 11 is 5.89. The number of carbonyl (C=O) groups is 1. The van der Waals surface area contributed by atoms with Gasteiger partial charge in [0.05, 0.1) is 5.02 Å². The largest absolute Gasteiger partial charge is 0.294 e. The molecule has 0 atom stereocenters. The van der Waals surface area contributed by atoms with Gasteiger partial charge in [0, 0.05) is 11.5 Å². The van der Waals surface area contributed by atoms with Gasteiger partial charge in [0.15, 0.2) is 5.78 Å². The molecular weight excluding hydrogens is 227 g/mol. The Morgan fingerprint density at radius 1 is 1.38 bits per heavy atom. The fourth-order valence-electron chi connectivity index (χ4n) is 1.73. The first-order chi connectivity index (χ1) is 7.51. The fraction of sp³-hybridized carbons (Fsp3) is 0.462. The number of hydrogen-bond donors (Lipinski definition) is 0. The van der Waals surface area contributed by atoms with Crippen LogP contribution in [0.25, 0.3) is 0 Å². The van der Waals surface area contributed by atoms with Gasteiger partial charge in [-0.05, 0) is 37.5 Å². The molecule has 0 radical (unpaired) electrons. The van der Waals surface area contributed by atoms with E-state index in [4.69, 9.17) is 11.6 Å². The van der Waals surface area contributed by atoms with Crippen LogP contribution in [0.15, 0.2) is 12.1 Å². The Bertz CT molecular complexity index is 397. The van der Waals surface area contributed by atoms with Gasteiger partial charge < -0.3 is 0 Å². The van der Waals surface area contributed by atoms with E-state index in [1.807, 2.05) is 13.8 Å². The summed E-state index contributed by atoms with van der Waals surface area (Å²) in [6.45, 7) is 5.57. The molecule has 1 rings (SSSR count). The molecule has 16 heavy (non-hydrogen) atoms. The zero-order valence-electron chi connectivity index (χ0n) is 9.81. The molecule has 0 heterocycles. The van der Waals surface area contributed by atoms with E-state index in [1.54, 1.807) is 13.0 Å². The minimum Gasteiger partial charge on any atom is -0.294 e. The molecule has 0 aromatic heterocycles.